The Hall–Kier alpha value is -3.33. The summed E-state index contributed by atoms with van der Waals surface area (Å²) in [7, 11) is 0. The lowest BCUT2D eigenvalue weighted by atomic mass is 9.96. The van der Waals surface area contributed by atoms with Gasteiger partial charge >= 0.3 is 0 Å². The standard InChI is InChI=1S/C21H18FN5O2S/c22-15-5-3-13(4-6-15)19-25-26-20(29-19)14-7-9-27(10-8-14)21(28)17-12-16(23-24-17)18-2-1-11-30-18/h1-6,11-12,14H,7-10H2,(H,23,24). The van der Waals surface area contributed by atoms with E-state index in [4.69, 9.17) is 4.42 Å². The van der Waals surface area contributed by atoms with Gasteiger partial charge in [-0.1, -0.05) is 6.07 Å². The van der Waals surface area contributed by atoms with Crippen LogP contribution in [0.2, 0.25) is 0 Å². The van der Waals surface area contributed by atoms with Gasteiger partial charge in [0, 0.05) is 24.6 Å². The maximum atomic E-state index is 13.1. The Kier molecular flexibility index (Phi) is 4.88. The Bertz CT molecular complexity index is 1140. The maximum absolute atomic E-state index is 13.1. The van der Waals surface area contributed by atoms with Crippen LogP contribution in [-0.2, 0) is 0 Å². The molecule has 0 unspecified atom stereocenters. The minimum absolute atomic E-state index is 0.0787. The highest BCUT2D eigenvalue weighted by atomic mass is 32.1. The van der Waals surface area contributed by atoms with Crippen LogP contribution >= 0.6 is 11.3 Å². The molecule has 0 aliphatic carbocycles. The van der Waals surface area contributed by atoms with Gasteiger partial charge in [-0.25, -0.2) is 4.39 Å². The van der Waals surface area contributed by atoms with Crippen molar-refractivity contribution in [2.45, 2.75) is 18.8 Å². The Morgan fingerprint density at radius 3 is 2.70 bits per heavy atom. The summed E-state index contributed by atoms with van der Waals surface area (Å²) in [6.45, 7) is 1.19. The minimum Gasteiger partial charge on any atom is -0.420 e. The molecule has 0 bridgehead atoms. The average Bonchev–Trinajstić information content (AvgIpc) is 3.55. The lowest BCUT2D eigenvalue weighted by Crippen LogP contribution is -2.38. The van der Waals surface area contributed by atoms with E-state index >= 15 is 0 Å². The van der Waals surface area contributed by atoms with Gasteiger partial charge in [-0.3, -0.25) is 9.89 Å². The van der Waals surface area contributed by atoms with Crippen LogP contribution in [0, 0.1) is 5.82 Å². The molecule has 0 atom stereocenters. The molecule has 152 valence electrons. The number of likely N-dealkylation sites (tertiary alicyclic amines) is 1. The molecule has 0 saturated carbocycles. The molecule has 0 spiro atoms. The van der Waals surface area contributed by atoms with Crippen LogP contribution in [0.5, 0.6) is 0 Å². The van der Waals surface area contributed by atoms with Crippen LogP contribution in [0.1, 0.15) is 35.1 Å². The molecule has 1 aromatic carbocycles. The van der Waals surface area contributed by atoms with Crippen LogP contribution in [-0.4, -0.2) is 44.3 Å². The average molecular weight is 423 g/mol. The normalized spacial score (nSPS) is 14.9. The first-order chi connectivity index (χ1) is 14.7. The van der Waals surface area contributed by atoms with Gasteiger partial charge in [-0.05, 0) is 54.6 Å². The second-order valence-electron chi connectivity index (χ2n) is 7.16. The monoisotopic (exact) mass is 423 g/mol. The fraction of sp³-hybridized carbons (Fsp3) is 0.238. The first-order valence-electron chi connectivity index (χ1n) is 9.65. The zero-order valence-corrected chi connectivity index (χ0v) is 16.7. The lowest BCUT2D eigenvalue weighted by molar-refractivity contribution is 0.0700. The number of carbonyl (C=O) groups excluding carboxylic acids is 1. The van der Waals surface area contributed by atoms with E-state index in [2.05, 4.69) is 20.4 Å². The first-order valence-corrected chi connectivity index (χ1v) is 10.5. The van der Waals surface area contributed by atoms with Crippen molar-refractivity contribution in [3.05, 3.63) is 65.2 Å². The highest BCUT2D eigenvalue weighted by molar-refractivity contribution is 7.13. The molecule has 3 aromatic heterocycles. The van der Waals surface area contributed by atoms with E-state index < -0.39 is 0 Å². The summed E-state index contributed by atoms with van der Waals surface area (Å²) in [4.78, 5) is 15.7. The summed E-state index contributed by atoms with van der Waals surface area (Å²) in [5, 5.41) is 17.4. The van der Waals surface area contributed by atoms with E-state index in [9.17, 15) is 9.18 Å². The number of amides is 1. The van der Waals surface area contributed by atoms with Gasteiger partial charge in [-0.2, -0.15) is 5.10 Å². The van der Waals surface area contributed by atoms with Gasteiger partial charge in [0.1, 0.15) is 5.82 Å². The third-order valence-electron chi connectivity index (χ3n) is 5.25. The van der Waals surface area contributed by atoms with Gasteiger partial charge in [0.2, 0.25) is 11.8 Å². The SMILES string of the molecule is O=C(c1cc(-c2cccs2)[nH]n1)N1CCC(c2nnc(-c3ccc(F)cc3)o2)CC1. The number of aromatic nitrogens is 4. The summed E-state index contributed by atoms with van der Waals surface area (Å²) < 4.78 is 18.9. The molecule has 1 N–H and O–H groups in total. The molecule has 30 heavy (non-hydrogen) atoms. The molecule has 4 aromatic rings. The molecule has 1 amide bonds. The number of nitrogens with one attached hydrogen (secondary N) is 1. The predicted molar refractivity (Wildman–Crippen MR) is 109 cm³/mol. The minimum atomic E-state index is -0.310. The van der Waals surface area contributed by atoms with Crippen LogP contribution in [0.25, 0.3) is 22.0 Å². The van der Waals surface area contributed by atoms with Gasteiger partial charge < -0.3 is 9.32 Å². The van der Waals surface area contributed by atoms with Crippen LogP contribution in [0.15, 0.2) is 52.3 Å². The smallest absolute Gasteiger partial charge is 0.274 e. The van der Waals surface area contributed by atoms with E-state index in [1.807, 2.05) is 22.4 Å². The summed E-state index contributed by atoms with van der Waals surface area (Å²) in [5.41, 5.74) is 1.96. The Morgan fingerprint density at radius 1 is 1.17 bits per heavy atom. The highest BCUT2D eigenvalue weighted by Gasteiger charge is 2.29. The molecule has 0 radical (unpaired) electrons. The molecule has 1 aliphatic heterocycles. The van der Waals surface area contributed by atoms with Crippen LogP contribution in [0.4, 0.5) is 4.39 Å². The number of benzene rings is 1. The third kappa shape index (κ3) is 3.63. The number of H-pyrrole nitrogens is 1. The predicted octanol–water partition coefficient (Wildman–Crippen LogP) is 4.35. The van der Waals surface area contributed by atoms with Crippen LogP contribution in [0.3, 0.4) is 0 Å². The van der Waals surface area contributed by atoms with E-state index in [0.717, 1.165) is 23.4 Å². The highest BCUT2D eigenvalue weighted by Crippen LogP contribution is 2.30. The summed E-state index contributed by atoms with van der Waals surface area (Å²) >= 11 is 1.60. The van der Waals surface area contributed by atoms with Crippen molar-refractivity contribution < 1.29 is 13.6 Å². The number of piperidine rings is 1. The van der Waals surface area contributed by atoms with Crippen molar-refractivity contribution in [3.63, 3.8) is 0 Å². The molecule has 1 saturated heterocycles. The molecule has 1 fully saturated rings. The second-order valence-corrected chi connectivity index (χ2v) is 8.11. The van der Waals surface area contributed by atoms with Gasteiger partial charge in [0.25, 0.3) is 5.91 Å². The number of halogens is 1. The Morgan fingerprint density at radius 2 is 1.97 bits per heavy atom. The zero-order valence-electron chi connectivity index (χ0n) is 15.9. The number of hydrogen-bond donors (Lipinski definition) is 1. The molecule has 7 nitrogen and oxygen atoms in total. The lowest BCUT2D eigenvalue weighted by Gasteiger charge is -2.29. The molecule has 1 aliphatic rings. The van der Waals surface area contributed by atoms with Crippen molar-refractivity contribution in [2.24, 2.45) is 0 Å². The molecular weight excluding hydrogens is 405 g/mol. The third-order valence-corrected chi connectivity index (χ3v) is 6.15. The molecule has 9 heteroatoms. The first kappa shape index (κ1) is 18.7. The number of carbonyl (C=O) groups is 1. The quantitative estimate of drug-likeness (QED) is 0.527. The fourth-order valence-corrected chi connectivity index (χ4v) is 4.28. The number of hydrogen-bond acceptors (Lipinski definition) is 6. The molecule has 5 rings (SSSR count). The Balaban J connectivity index is 1.22. The second kappa shape index (κ2) is 7.83. The topological polar surface area (TPSA) is 87.9 Å². The number of aromatic amines is 1. The van der Waals surface area contributed by atoms with E-state index in [1.165, 1.54) is 12.1 Å². The van der Waals surface area contributed by atoms with Crippen molar-refractivity contribution in [1.29, 1.82) is 0 Å². The largest absolute Gasteiger partial charge is 0.420 e. The molecular formula is C21H18FN5O2S. The van der Waals surface area contributed by atoms with Gasteiger partial charge in [0.15, 0.2) is 5.69 Å². The summed E-state index contributed by atoms with van der Waals surface area (Å²) in [6.07, 6.45) is 1.47. The zero-order chi connectivity index (χ0) is 20.5. The van der Waals surface area contributed by atoms with Gasteiger partial charge in [-0.15, -0.1) is 21.5 Å². The fourth-order valence-electron chi connectivity index (χ4n) is 3.59. The van der Waals surface area contributed by atoms with Crippen molar-refractivity contribution in [3.8, 4) is 22.0 Å². The van der Waals surface area contributed by atoms with E-state index in [-0.39, 0.29) is 17.6 Å². The van der Waals surface area contributed by atoms with E-state index in [1.54, 1.807) is 29.5 Å². The summed E-state index contributed by atoms with van der Waals surface area (Å²) in [6, 6.07) is 11.7. The number of rotatable bonds is 4. The summed E-state index contributed by atoms with van der Waals surface area (Å²) in [5.74, 6) is 0.638. The Labute approximate surface area is 175 Å². The van der Waals surface area contributed by atoms with Gasteiger partial charge in [0.05, 0.1) is 10.6 Å². The van der Waals surface area contributed by atoms with Crippen LogP contribution < -0.4 is 0 Å². The van der Waals surface area contributed by atoms with E-state index in [0.29, 0.717) is 36.1 Å². The van der Waals surface area contributed by atoms with Crippen molar-refractivity contribution in [1.82, 2.24) is 25.3 Å². The van der Waals surface area contributed by atoms with Crippen molar-refractivity contribution in [2.75, 3.05) is 13.1 Å². The maximum Gasteiger partial charge on any atom is 0.274 e. The number of thiophene rings is 1. The number of nitrogens with zero attached hydrogens (tertiary/aromatic N) is 4. The molecule has 4 heterocycles. The van der Waals surface area contributed by atoms with Crippen molar-refractivity contribution >= 4 is 17.2 Å².